The molecule has 0 unspecified atom stereocenters. The lowest BCUT2D eigenvalue weighted by Gasteiger charge is -2.24. The molecular formula is C32H33N. The summed E-state index contributed by atoms with van der Waals surface area (Å²) < 4.78 is 0. The number of benzene rings is 3. The first-order valence-corrected chi connectivity index (χ1v) is 11.9. The van der Waals surface area contributed by atoms with Gasteiger partial charge in [0, 0.05) is 22.1 Å². The molecule has 1 aliphatic carbocycles. The number of hydrogen-bond donors (Lipinski definition) is 0. The van der Waals surface area contributed by atoms with E-state index in [-0.39, 0.29) is 5.41 Å². The molecule has 1 nitrogen and oxygen atoms in total. The fourth-order valence-corrected chi connectivity index (χ4v) is 5.91. The van der Waals surface area contributed by atoms with Crippen molar-refractivity contribution in [2.75, 3.05) is 0 Å². The van der Waals surface area contributed by atoms with E-state index in [2.05, 4.69) is 110 Å². The van der Waals surface area contributed by atoms with Gasteiger partial charge in [-0.15, -0.1) is 0 Å². The van der Waals surface area contributed by atoms with Gasteiger partial charge in [0.05, 0.1) is 11.4 Å². The van der Waals surface area contributed by atoms with Crippen LogP contribution in [-0.2, 0) is 5.41 Å². The van der Waals surface area contributed by atoms with Gasteiger partial charge in [-0.05, 0) is 93.6 Å². The van der Waals surface area contributed by atoms with Gasteiger partial charge in [0.15, 0.2) is 0 Å². The Bertz CT molecular complexity index is 1420. The minimum absolute atomic E-state index is 0.0779. The first-order chi connectivity index (χ1) is 15.6. The normalized spacial score (nSPS) is 13.7. The quantitative estimate of drug-likeness (QED) is 0.310. The van der Waals surface area contributed by atoms with Crippen LogP contribution in [0.2, 0.25) is 0 Å². The monoisotopic (exact) mass is 431 g/mol. The summed E-state index contributed by atoms with van der Waals surface area (Å²) in [6.07, 6.45) is 0. The van der Waals surface area contributed by atoms with Crippen LogP contribution in [0.1, 0.15) is 58.4 Å². The first-order valence-electron chi connectivity index (χ1n) is 11.9. The van der Waals surface area contributed by atoms with Crippen LogP contribution < -0.4 is 0 Å². The highest BCUT2D eigenvalue weighted by Gasteiger charge is 2.39. The third kappa shape index (κ3) is 3.42. The van der Waals surface area contributed by atoms with Gasteiger partial charge in [-0.2, -0.15) is 0 Å². The fraction of sp³-hybridized carbons (Fsp3) is 0.281. The predicted molar refractivity (Wildman–Crippen MR) is 141 cm³/mol. The molecule has 0 fully saturated rings. The second-order valence-corrected chi connectivity index (χ2v) is 10.6. The van der Waals surface area contributed by atoms with Crippen molar-refractivity contribution in [1.82, 2.24) is 4.98 Å². The third-order valence-corrected chi connectivity index (χ3v) is 7.23. The molecule has 4 aromatic rings. The average molecular weight is 432 g/mol. The summed E-state index contributed by atoms with van der Waals surface area (Å²) in [6, 6.07) is 20.5. The van der Waals surface area contributed by atoms with Gasteiger partial charge in [0.2, 0.25) is 0 Å². The van der Waals surface area contributed by atoms with Gasteiger partial charge < -0.3 is 0 Å². The molecular weight excluding hydrogens is 398 g/mol. The van der Waals surface area contributed by atoms with Crippen molar-refractivity contribution in [3.05, 3.63) is 99.1 Å². The molecule has 0 saturated carbocycles. The maximum absolute atomic E-state index is 5.39. The topological polar surface area (TPSA) is 12.9 Å². The predicted octanol–water partition coefficient (Wildman–Crippen LogP) is 8.57. The number of aromatic nitrogens is 1. The molecule has 0 atom stereocenters. The molecule has 0 aliphatic heterocycles. The Labute approximate surface area is 198 Å². The molecule has 1 heteroatoms. The van der Waals surface area contributed by atoms with Crippen molar-refractivity contribution in [1.29, 1.82) is 0 Å². The zero-order valence-electron chi connectivity index (χ0n) is 21.1. The molecule has 166 valence electrons. The SMILES string of the molecule is Cc1cc(C)cc(-c2nc(-c3cc(C)ccc3C)cc3c2-c2cc(C)cc(C)c2C3(C)C)c1. The van der Waals surface area contributed by atoms with E-state index >= 15 is 0 Å². The zero-order chi connectivity index (χ0) is 23.7. The Morgan fingerprint density at radius 2 is 1.24 bits per heavy atom. The number of fused-ring (bicyclic) bond motifs is 3. The fourth-order valence-electron chi connectivity index (χ4n) is 5.91. The maximum Gasteiger partial charge on any atom is 0.0791 e. The molecule has 0 amide bonds. The molecule has 33 heavy (non-hydrogen) atoms. The van der Waals surface area contributed by atoms with E-state index < -0.39 is 0 Å². The van der Waals surface area contributed by atoms with E-state index in [4.69, 9.17) is 4.98 Å². The largest absolute Gasteiger partial charge is 0.247 e. The Balaban J connectivity index is 1.92. The third-order valence-electron chi connectivity index (χ3n) is 7.23. The van der Waals surface area contributed by atoms with Crippen LogP contribution in [0, 0.1) is 41.5 Å². The van der Waals surface area contributed by atoms with Crippen molar-refractivity contribution in [3.8, 4) is 33.6 Å². The van der Waals surface area contributed by atoms with Gasteiger partial charge in [0.25, 0.3) is 0 Å². The number of hydrogen-bond acceptors (Lipinski definition) is 1. The summed E-state index contributed by atoms with van der Waals surface area (Å²) in [4.78, 5) is 5.39. The summed E-state index contributed by atoms with van der Waals surface area (Å²) >= 11 is 0. The zero-order valence-corrected chi connectivity index (χ0v) is 21.1. The second-order valence-electron chi connectivity index (χ2n) is 10.6. The number of rotatable bonds is 2. The molecule has 0 radical (unpaired) electrons. The molecule has 0 bridgehead atoms. The Morgan fingerprint density at radius 1 is 0.606 bits per heavy atom. The number of aryl methyl sites for hydroxylation is 6. The molecule has 0 saturated heterocycles. The van der Waals surface area contributed by atoms with Gasteiger partial charge in [0.1, 0.15) is 0 Å². The van der Waals surface area contributed by atoms with Gasteiger partial charge in [-0.3, -0.25) is 0 Å². The molecule has 1 aromatic heterocycles. The molecule has 3 aromatic carbocycles. The Morgan fingerprint density at radius 3 is 1.94 bits per heavy atom. The minimum atomic E-state index is -0.0779. The van der Waals surface area contributed by atoms with Crippen molar-refractivity contribution in [3.63, 3.8) is 0 Å². The van der Waals surface area contributed by atoms with Gasteiger partial charge in [-0.1, -0.05) is 66.4 Å². The summed E-state index contributed by atoms with van der Waals surface area (Å²) in [7, 11) is 0. The highest BCUT2D eigenvalue weighted by atomic mass is 14.7. The summed E-state index contributed by atoms with van der Waals surface area (Å²) in [5.74, 6) is 0. The standard InChI is InChI=1S/C32H33N/c1-18-9-10-22(5)25(15-18)28-17-27-29(31(33-28)24-13-19(2)11-20(3)14-24)26-16-21(4)12-23(6)30(26)32(27,7)8/h9-17H,1-8H3. The Kier molecular flexibility index (Phi) is 4.86. The van der Waals surface area contributed by atoms with Crippen LogP contribution in [0.4, 0.5) is 0 Å². The van der Waals surface area contributed by atoms with E-state index in [0.717, 1.165) is 11.4 Å². The number of pyridine rings is 1. The highest BCUT2D eigenvalue weighted by molar-refractivity contribution is 5.93. The lowest BCUT2D eigenvalue weighted by molar-refractivity contribution is 0.655. The van der Waals surface area contributed by atoms with Crippen LogP contribution in [0.15, 0.2) is 54.6 Å². The lowest BCUT2D eigenvalue weighted by Crippen LogP contribution is -2.17. The maximum atomic E-state index is 5.39. The average Bonchev–Trinajstić information content (AvgIpc) is 2.95. The molecule has 1 heterocycles. The first kappa shape index (κ1) is 21.6. The lowest BCUT2D eigenvalue weighted by atomic mass is 9.79. The molecule has 5 rings (SSSR count). The minimum Gasteiger partial charge on any atom is -0.247 e. The van der Waals surface area contributed by atoms with E-state index in [1.165, 1.54) is 66.8 Å². The van der Waals surface area contributed by atoms with Gasteiger partial charge in [-0.25, -0.2) is 4.98 Å². The van der Waals surface area contributed by atoms with E-state index in [1.54, 1.807) is 0 Å². The molecule has 0 spiro atoms. The Hall–Kier alpha value is -3.19. The van der Waals surface area contributed by atoms with E-state index in [9.17, 15) is 0 Å². The highest BCUT2D eigenvalue weighted by Crippen LogP contribution is 2.54. The van der Waals surface area contributed by atoms with Crippen molar-refractivity contribution in [2.24, 2.45) is 0 Å². The van der Waals surface area contributed by atoms with E-state index in [0.29, 0.717) is 0 Å². The van der Waals surface area contributed by atoms with Crippen LogP contribution >= 0.6 is 0 Å². The number of nitrogens with zero attached hydrogens (tertiary/aromatic N) is 1. The van der Waals surface area contributed by atoms with Crippen molar-refractivity contribution < 1.29 is 0 Å². The second kappa shape index (κ2) is 7.42. The van der Waals surface area contributed by atoms with Crippen LogP contribution in [0.5, 0.6) is 0 Å². The van der Waals surface area contributed by atoms with Crippen LogP contribution in [0.25, 0.3) is 33.6 Å². The molecule has 1 aliphatic rings. The summed E-state index contributed by atoms with van der Waals surface area (Å²) in [6.45, 7) is 17.9. The van der Waals surface area contributed by atoms with Gasteiger partial charge >= 0.3 is 0 Å². The summed E-state index contributed by atoms with van der Waals surface area (Å²) in [5, 5.41) is 0. The van der Waals surface area contributed by atoms with Crippen molar-refractivity contribution in [2.45, 2.75) is 60.8 Å². The smallest absolute Gasteiger partial charge is 0.0791 e. The van der Waals surface area contributed by atoms with E-state index in [1.807, 2.05) is 0 Å². The van der Waals surface area contributed by atoms with Crippen LogP contribution in [-0.4, -0.2) is 4.98 Å². The van der Waals surface area contributed by atoms with Crippen LogP contribution in [0.3, 0.4) is 0 Å². The summed E-state index contributed by atoms with van der Waals surface area (Å²) in [5.41, 5.74) is 17.7. The van der Waals surface area contributed by atoms with Crippen molar-refractivity contribution >= 4 is 0 Å². The molecule has 0 N–H and O–H groups in total.